The van der Waals surface area contributed by atoms with Crippen LogP contribution in [-0.4, -0.2) is 18.9 Å². The number of hydrogen-bond acceptors (Lipinski definition) is 3. The van der Waals surface area contributed by atoms with Crippen molar-refractivity contribution in [1.82, 2.24) is 0 Å². The minimum atomic E-state index is -0.260. The lowest BCUT2D eigenvalue weighted by Gasteiger charge is -2.10. The molecule has 0 radical (unpaired) electrons. The van der Waals surface area contributed by atoms with E-state index in [4.69, 9.17) is 9.47 Å². The van der Waals surface area contributed by atoms with Crippen LogP contribution in [0.5, 0.6) is 0 Å². The first kappa shape index (κ1) is 20.5. The second-order valence-electron chi connectivity index (χ2n) is 6.93. The van der Waals surface area contributed by atoms with Crippen LogP contribution in [0.1, 0.15) is 110 Å². The van der Waals surface area contributed by atoms with Crippen LogP contribution in [0.2, 0.25) is 0 Å². The van der Waals surface area contributed by atoms with Crippen molar-refractivity contribution < 1.29 is 14.3 Å². The average molecular weight is 327 g/mol. The van der Waals surface area contributed by atoms with Gasteiger partial charge in [-0.1, -0.05) is 90.4 Å². The van der Waals surface area contributed by atoms with Crippen molar-refractivity contribution in [1.29, 1.82) is 0 Å². The van der Waals surface area contributed by atoms with E-state index in [-0.39, 0.29) is 12.3 Å². The van der Waals surface area contributed by atoms with Gasteiger partial charge in [-0.3, -0.25) is 4.79 Å². The Hall–Kier alpha value is -0.570. The lowest BCUT2D eigenvalue weighted by molar-refractivity contribution is -0.162. The molecule has 0 spiro atoms. The number of carbonyl (C=O) groups excluding carboxylic acids is 1. The van der Waals surface area contributed by atoms with Gasteiger partial charge in [0.1, 0.15) is 0 Å². The Labute approximate surface area is 143 Å². The Kier molecular flexibility index (Phi) is 13.3. The van der Waals surface area contributed by atoms with Crippen molar-refractivity contribution in [3.63, 3.8) is 0 Å². The van der Waals surface area contributed by atoms with Gasteiger partial charge in [0.25, 0.3) is 0 Å². The Balaban J connectivity index is 1.68. The third-order valence-corrected chi connectivity index (χ3v) is 4.65. The first-order valence-electron chi connectivity index (χ1n) is 10.1. The molecule has 1 fully saturated rings. The number of rotatable bonds is 16. The predicted molar refractivity (Wildman–Crippen MR) is 95.4 cm³/mol. The molecule has 1 rings (SSSR count). The highest BCUT2D eigenvalue weighted by Crippen LogP contribution is 2.16. The monoisotopic (exact) mass is 326 g/mol. The second kappa shape index (κ2) is 15.0. The molecule has 0 aromatic rings. The Bertz CT molecular complexity index is 278. The fourth-order valence-corrected chi connectivity index (χ4v) is 3.13. The highest BCUT2D eigenvalue weighted by molar-refractivity contribution is 5.71. The molecule has 1 aliphatic heterocycles. The van der Waals surface area contributed by atoms with Crippen molar-refractivity contribution in [3.05, 3.63) is 0 Å². The third kappa shape index (κ3) is 12.5. The molecule has 3 heteroatoms. The molecule has 0 amide bonds. The summed E-state index contributed by atoms with van der Waals surface area (Å²) in [6, 6.07) is 0. The van der Waals surface area contributed by atoms with Crippen molar-refractivity contribution in [3.8, 4) is 0 Å². The molecule has 1 unspecified atom stereocenters. The van der Waals surface area contributed by atoms with E-state index in [2.05, 4.69) is 6.92 Å². The van der Waals surface area contributed by atoms with Crippen LogP contribution in [0.15, 0.2) is 0 Å². The molecule has 0 aliphatic carbocycles. The van der Waals surface area contributed by atoms with Crippen molar-refractivity contribution in [2.75, 3.05) is 6.61 Å². The molecule has 1 aliphatic rings. The summed E-state index contributed by atoms with van der Waals surface area (Å²) in [5.74, 6) is -0.115. The van der Waals surface area contributed by atoms with Crippen LogP contribution in [0, 0.1) is 0 Å². The minimum Gasteiger partial charge on any atom is -0.436 e. The molecule has 3 nitrogen and oxygen atoms in total. The molecule has 136 valence electrons. The SMILES string of the molecule is CCCCCCCCCCCCCCCCOC1CCC(=O)O1. The molecule has 0 saturated carbocycles. The first-order chi connectivity index (χ1) is 11.3. The lowest BCUT2D eigenvalue weighted by atomic mass is 10.0. The van der Waals surface area contributed by atoms with Gasteiger partial charge in [0.05, 0.1) is 13.0 Å². The molecule has 0 aromatic carbocycles. The summed E-state index contributed by atoms with van der Waals surface area (Å²) in [4.78, 5) is 10.9. The maximum absolute atomic E-state index is 10.9. The van der Waals surface area contributed by atoms with Gasteiger partial charge in [0.15, 0.2) is 0 Å². The van der Waals surface area contributed by atoms with E-state index in [0.717, 1.165) is 19.4 Å². The zero-order chi connectivity index (χ0) is 16.6. The molecule has 23 heavy (non-hydrogen) atoms. The van der Waals surface area contributed by atoms with Gasteiger partial charge in [-0.25, -0.2) is 0 Å². The second-order valence-corrected chi connectivity index (χ2v) is 6.93. The maximum atomic E-state index is 10.9. The largest absolute Gasteiger partial charge is 0.436 e. The van der Waals surface area contributed by atoms with Crippen LogP contribution in [-0.2, 0) is 14.3 Å². The van der Waals surface area contributed by atoms with Crippen LogP contribution >= 0.6 is 0 Å². The average Bonchev–Trinajstić information content (AvgIpc) is 2.96. The first-order valence-corrected chi connectivity index (χ1v) is 10.1. The fraction of sp³-hybridized carbons (Fsp3) is 0.950. The molecule has 1 heterocycles. The van der Waals surface area contributed by atoms with Gasteiger partial charge in [0, 0.05) is 6.42 Å². The Morgan fingerprint density at radius 2 is 1.30 bits per heavy atom. The molecule has 0 aromatic heterocycles. The predicted octanol–water partition coefficient (Wildman–Crippen LogP) is 6.15. The van der Waals surface area contributed by atoms with E-state index in [1.165, 1.54) is 83.5 Å². The van der Waals surface area contributed by atoms with Gasteiger partial charge in [0.2, 0.25) is 6.29 Å². The van der Waals surface area contributed by atoms with Crippen LogP contribution < -0.4 is 0 Å². The van der Waals surface area contributed by atoms with Gasteiger partial charge in [-0.05, 0) is 6.42 Å². The quantitative estimate of drug-likeness (QED) is 0.252. The van der Waals surface area contributed by atoms with Crippen molar-refractivity contribution >= 4 is 5.97 Å². The number of esters is 1. The Morgan fingerprint density at radius 1 is 0.826 bits per heavy atom. The third-order valence-electron chi connectivity index (χ3n) is 4.65. The smallest absolute Gasteiger partial charge is 0.308 e. The highest BCUT2D eigenvalue weighted by atomic mass is 16.7. The van der Waals surface area contributed by atoms with Gasteiger partial charge in [-0.15, -0.1) is 0 Å². The topological polar surface area (TPSA) is 35.5 Å². The summed E-state index contributed by atoms with van der Waals surface area (Å²) < 4.78 is 10.6. The summed E-state index contributed by atoms with van der Waals surface area (Å²) in [6.07, 6.45) is 20.1. The summed E-state index contributed by atoms with van der Waals surface area (Å²) in [5.41, 5.74) is 0. The van der Waals surface area contributed by atoms with E-state index in [1.807, 2.05) is 0 Å². The summed E-state index contributed by atoms with van der Waals surface area (Å²) in [6.45, 7) is 3.01. The fourth-order valence-electron chi connectivity index (χ4n) is 3.13. The van der Waals surface area contributed by atoms with E-state index in [1.54, 1.807) is 0 Å². The van der Waals surface area contributed by atoms with Crippen LogP contribution in [0.4, 0.5) is 0 Å². The maximum Gasteiger partial charge on any atom is 0.308 e. The van der Waals surface area contributed by atoms with E-state index < -0.39 is 0 Å². The van der Waals surface area contributed by atoms with E-state index in [0.29, 0.717) is 6.42 Å². The highest BCUT2D eigenvalue weighted by Gasteiger charge is 2.23. The molecule has 0 bridgehead atoms. The lowest BCUT2D eigenvalue weighted by Crippen LogP contribution is -2.12. The summed E-state index contributed by atoms with van der Waals surface area (Å²) in [5, 5.41) is 0. The Morgan fingerprint density at radius 3 is 1.74 bits per heavy atom. The van der Waals surface area contributed by atoms with E-state index in [9.17, 15) is 4.79 Å². The summed E-state index contributed by atoms with van der Waals surface area (Å²) >= 11 is 0. The molecule has 0 N–H and O–H groups in total. The zero-order valence-corrected chi connectivity index (χ0v) is 15.3. The van der Waals surface area contributed by atoms with Gasteiger partial charge in [-0.2, -0.15) is 0 Å². The number of hydrogen-bond donors (Lipinski definition) is 0. The van der Waals surface area contributed by atoms with E-state index >= 15 is 0 Å². The number of carbonyl (C=O) groups is 1. The van der Waals surface area contributed by atoms with Crippen LogP contribution in [0.3, 0.4) is 0 Å². The van der Waals surface area contributed by atoms with Gasteiger partial charge < -0.3 is 9.47 Å². The van der Waals surface area contributed by atoms with Crippen molar-refractivity contribution in [2.45, 2.75) is 116 Å². The van der Waals surface area contributed by atoms with Crippen molar-refractivity contribution in [2.24, 2.45) is 0 Å². The van der Waals surface area contributed by atoms with Gasteiger partial charge >= 0.3 is 5.97 Å². The number of cyclic esters (lactones) is 1. The minimum absolute atomic E-state index is 0.115. The standard InChI is InChI=1S/C20H38O3/c1-2-3-4-5-6-7-8-9-10-11-12-13-14-15-18-22-20-17-16-19(21)23-20/h20H,2-18H2,1H3. The zero-order valence-electron chi connectivity index (χ0n) is 15.3. The number of ether oxygens (including phenoxy) is 2. The van der Waals surface area contributed by atoms with Crippen LogP contribution in [0.25, 0.3) is 0 Å². The molecule has 1 saturated heterocycles. The molecular formula is C20H38O3. The number of unbranched alkanes of at least 4 members (excludes halogenated alkanes) is 13. The molecular weight excluding hydrogens is 288 g/mol. The normalized spacial score (nSPS) is 17.6. The molecule has 1 atom stereocenters. The summed E-state index contributed by atoms with van der Waals surface area (Å²) in [7, 11) is 0.